The van der Waals surface area contributed by atoms with E-state index in [-0.39, 0.29) is 20.1 Å². The first-order valence-electron chi connectivity index (χ1n) is 16.0. The normalized spacial score (nSPS) is 11.4. The molecule has 9 aromatic rings. The zero-order chi connectivity index (χ0) is 32.7. The van der Waals surface area contributed by atoms with Crippen LogP contribution < -0.4 is 4.40 Å². The molecule has 1 radical (unpaired) electrons. The van der Waals surface area contributed by atoms with E-state index in [4.69, 9.17) is 14.4 Å². The Kier molecular flexibility index (Phi) is 9.04. The second-order valence-electron chi connectivity index (χ2n) is 12.8. The Morgan fingerprint density at radius 3 is 2.27 bits per heavy atom. The van der Waals surface area contributed by atoms with Gasteiger partial charge in [-0.1, -0.05) is 24.3 Å². The maximum absolute atomic E-state index is 6.56. The quantitative estimate of drug-likeness (QED) is 0.131. The summed E-state index contributed by atoms with van der Waals surface area (Å²) in [6.45, 7) is 0. The van der Waals surface area contributed by atoms with Gasteiger partial charge in [0.2, 0.25) is 0 Å². The molecule has 5 nitrogen and oxygen atoms in total. The van der Waals surface area contributed by atoms with Crippen LogP contribution in [0.5, 0.6) is 0 Å². The molecule has 0 saturated heterocycles. The van der Waals surface area contributed by atoms with E-state index in [0.717, 1.165) is 66.7 Å². The van der Waals surface area contributed by atoms with Crippen molar-refractivity contribution in [2.24, 2.45) is 0 Å². The van der Waals surface area contributed by atoms with Crippen molar-refractivity contribution in [3.05, 3.63) is 152 Å². The molecule has 4 aromatic heterocycles. The first-order chi connectivity index (χ1) is 23.4. The molecule has 0 saturated carbocycles. The number of pyridine rings is 2. The van der Waals surface area contributed by atoms with Crippen molar-refractivity contribution in [2.45, 2.75) is 17.3 Å². The van der Waals surface area contributed by atoms with Crippen molar-refractivity contribution < 1.29 is 24.5 Å². The van der Waals surface area contributed by atoms with Gasteiger partial charge in [0.05, 0.1) is 0 Å². The zero-order valence-electron chi connectivity index (χ0n) is 27.3. The Bertz CT molecular complexity index is 2500. The van der Waals surface area contributed by atoms with Crippen molar-refractivity contribution in [3.63, 3.8) is 0 Å². The number of aromatic nitrogens is 4. The second kappa shape index (κ2) is 13.6. The Morgan fingerprint density at radius 2 is 1.49 bits per heavy atom. The third-order valence-corrected chi connectivity index (χ3v) is 12.8. The van der Waals surface area contributed by atoms with Gasteiger partial charge in [-0.15, -0.1) is 35.9 Å². The molecule has 0 spiro atoms. The smallest absolute Gasteiger partial charge is 0.0160 e. The maximum Gasteiger partial charge on any atom is 0.0160 e. The van der Waals surface area contributed by atoms with Gasteiger partial charge in [-0.25, -0.2) is 0 Å². The summed E-state index contributed by atoms with van der Waals surface area (Å²) in [4.78, 5) is 14.2. The number of hydrogen-bond acceptors (Lipinski definition) is 4. The topological polar surface area (TPSA) is 56.7 Å². The Balaban J connectivity index is 0.000000246. The summed E-state index contributed by atoms with van der Waals surface area (Å²) in [5.41, 5.74) is 8.21. The van der Waals surface area contributed by atoms with Gasteiger partial charge in [-0.05, 0) is 11.8 Å². The van der Waals surface area contributed by atoms with Gasteiger partial charge in [-0.2, -0.15) is 0 Å². The molecule has 0 fully saturated rings. The Hall–Kier alpha value is -4.88. The number of imidazole rings is 1. The number of hydrogen-bond donors (Lipinski definition) is 0. The molecule has 0 aliphatic rings. The van der Waals surface area contributed by atoms with E-state index in [1.165, 1.54) is 4.40 Å². The summed E-state index contributed by atoms with van der Waals surface area (Å²) in [7, 11) is 0. The van der Waals surface area contributed by atoms with E-state index in [0.29, 0.717) is 5.65 Å². The van der Waals surface area contributed by atoms with Gasteiger partial charge in [0, 0.05) is 26.3 Å². The zero-order valence-corrected chi connectivity index (χ0v) is 31.8. The van der Waals surface area contributed by atoms with Gasteiger partial charge in [-0.3, -0.25) is 0 Å². The van der Waals surface area contributed by atoms with Crippen LogP contribution in [0, 0.1) is 12.1 Å². The van der Waals surface area contributed by atoms with Crippen LogP contribution in [-0.2, 0) is 20.1 Å². The van der Waals surface area contributed by atoms with Crippen LogP contribution in [0.1, 0.15) is 0 Å². The van der Waals surface area contributed by atoms with Crippen LogP contribution >= 0.6 is 0 Å². The van der Waals surface area contributed by atoms with Gasteiger partial charge in [0.25, 0.3) is 0 Å². The first-order valence-corrected chi connectivity index (χ1v) is 23.4. The van der Waals surface area contributed by atoms with E-state index in [1.54, 1.807) is 6.20 Å². The van der Waals surface area contributed by atoms with E-state index in [1.807, 2.05) is 84.9 Å². The van der Waals surface area contributed by atoms with Crippen LogP contribution in [-0.4, -0.2) is 32.8 Å². The monoisotopic (exact) mass is 875 g/mol. The van der Waals surface area contributed by atoms with E-state index in [2.05, 4.69) is 87.5 Å². The van der Waals surface area contributed by atoms with Crippen LogP contribution in [0.2, 0.25) is 17.3 Å². The minimum atomic E-state index is -2.00. The number of benzene rings is 5. The average Bonchev–Trinajstić information content (AvgIpc) is 3.69. The van der Waals surface area contributed by atoms with Crippen LogP contribution in [0.3, 0.4) is 0 Å². The summed E-state index contributed by atoms with van der Waals surface area (Å²) in [6, 6.07) is 51.7. The van der Waals surface area contributed by atoms with Crippen LogP contribution in [0.25, 0.3) is 72.3 Å². The predicted molar refractivity (Wildman–Crippen MR) is 199 cm³/mol. The Labute approximate surface area is 301 Å². The fourth-order valence-electron chi connectivity index (χ4n) is 6.06. The van der Waals surface area contributed by atoms with E-state index in [9.17, 15) is 0 Å². The molecular weight excluding hydrogens is 841 g/mol. The number of fused-ring (bicyclic) bond motifs is 5. The fraction of sp³-hybridized carbons (Fsp3) is 0.0714. The van der Waals surface area contributed by atoms with E-state index >= 15 is 0 Å². The Morgan fingerprint density at radius 1 is 0.694 bits per heavy atom. The largest absolute Gasteiger partial charge is 0.305 e. The fourth-order valence-corrected chi connectivity index (χ4v) is 8.47. The number of rotatable bonds is 4. The van der Waals surface area contributed by atoms with Gasteiger partial charge in [0.15, 0.2) is 0 Å². The molecule has 0 aliphatic heterocycles. The molecule has 4 heterocycles. The molecule has 0 unspecified atom stereocenters. The molecule has 0 amide bonds. The summed E-state index contributed by atoms with van der Waals surface area (Å²) >= 11 is -2.00. The molecule has 9 rings (SSSR count). The van der Waals surface area contributed by atoms with Crippen molar-refractivity contribution in [2.75, 3.05) is 0 Å². The summed E-state index contributed by atoms with van der Waals surface area (Å²) in [5.74, 6) is 7.99. The number of para-hydroxylation sites is 2. The third kappa shape index (κ3) is 6.35. The summed E-state index contributed by atoms with van der Waals surface area (Å²) in [5, 5.41) is 3.29. The van der Waals surface area contributed by atoms with Gasteiger partial charge in [0.1, 0.15) is 0 Å². The molecular formula is C42H32GeIrN4O-2. The van der Waals surface area contributed by atoms with Crippen molar-refractivity contribution in [3.8, 4) is 28.3 Å². The van der Waals surface area contributed by atoms with Crippen molar-refractivity contribution >= 4 is 61.7 Å². The molecule has 241 valence electrons. The second-order valence-corrected chi connectivity index (χ2v) is 23.4. The minimum absolute atomic E-state index is 0. The summed E-state index contributed by atoms with van der Waals surface area (Å²) in [6.07, 6.45) is 1.79. The predicted octanol–water partition coefficient (Wildman–Crippen LogP) is 10.0. The van der Waals surface area contributed by atoms with E-state index < -0.39 is 13.3 Å². The molecule has 49 heavy (non-hydrogen) atoms. The molecule has 7 heteroatoms. The number of furan rings is 1. The first kappa shape index (κ1) is 32.7. The molecule has 5 aromatic carbocycles. The molecule has 0 atom stereocenters. The molecule has 0 bridgehead atoms. The molecule has 0 aliphatic carbocycles. The van der Waals surface area contributed by atoms with Crippen LogP contribution in [0.4, 0.5) is 0 Å². The SMILES string of the molecule is [CH3][Ge]([CH3])([CH3])[c]1ccc2c(c1)oc1c(-c3nc4nc5ccccc5cc4n3-c3ccccc3)[c-]ccc12.[Ir].[c-]1ccccc1-c1ccccn1. The average molecular weight is 874 g/mol. The minimum Gasteiger partial charge on any atom is -0.305 e. The number of nitrogens with zero attached hydrogens (tertiary/aromatic N) is 4. The third-order valence-electron chi connectivity index (χ3n) is 8.54. The maximum atomic E-state index is 6.56. The van der Waals surface area contributed by atoms with Crippen LogP contribution in [0.15, 0.2) is 144 Å². The van der Waals surface area contributed by atoms with Gasteiger partial charge >= 0.3 is 200 Å². The van der Waals surface area contributed by atoms with Crippen molar-refractivity contribution in [1.29, 1.82) is 0 Å². The summed E-state index contributed by atoms with van der Waals surface area (Å²) < 4.78 is 10.2. The van der Waals surface area contributed by atoms with Crippen molar-refractivity contribution in [1.82, 2.24) is 19.5 Å². The standard InChI is InChI=1S/C31H24GeN3O.C11H8N.Ir/c1-32(2,3)21-16-17-23-24-13-9-14-25(29(24)36-28(23)19-21)31-34-30-27(35(31)22-11-5-4-6-12-22)18-20-10-7-8-15-26(20)33-30;1-2-6-10(7-3-1)11-8-4-5-9-12-11;/h4-13,15-19H,1-3H3;1-6,8-9H;/q2*-1;. The van der Waals surface area contributed by atoms with Gasteiger partial charge < -0.3 is 4.98 Å². The molecule has 0 N–H and O–H groups in total.